The van der Waals surface area contributed by atoms with Crippen molar-refractivity contribution < 1.29 is 5.11 Å². The summed E-state index contributed by atoms with van der Waals surface area (Å²) in [6, 6.07) is 5.54. The molecule has 0 spiro atoms. The number of nitrogens with one attached hydrogen (secondary N) is 1. The summed E-state index contributed by atoms with van der Waals surface area (Å²) in [5.74, 6) is 1.31. The van der Waals surface area contributed by atoms with Gasteiger partial charge in [-0.2, -0.15) is 5.10 Å². The molecule has 0 aliphatic heterocycles. The van der Waals surface area contributed by atoms with E-state index in [0.717, 1.165) is 17.1 Å². The van der Waals surface area contributed by atoms with E-state index in [-0.39, 0.29) is 6.61 Å². The highest BCUT2D eigenvalue weighted by Crippen LogP contribution is 2.21. The third-order valence-corrected chi connectivity index (χ3v) is 2.43. The molecule has 0 saturated heterocycles. The molecule has 2 heterocycles. The van der Waals surface area contributed by atoms with Crippen LogP contribution in [-0.4, -0.2) is 33.5 Å². The van der Waals surface area contributed by atoms with Crippen LogP contribution >= 0.6 is 0 Å². The Morgan fingerprint density at radius 3 is 2.74 bits per heavy atom. The average molecular weight is 263 g/mol. The standard InChI is InChI=1S/C11H15N5O.C2H6/c1-13-11-6-8(2-3-14-11)9-7-10(12)16(15-9)4-5-17;1-2/h2-3,6-7,17H,4-5,12H2,1H3,(H,13,14);1-2H3. The number of hydrogen-bond donors (Lipinski definition) is 3. The minimum absolute atomic E-state index is 0.0173. The Hall–Kier alpha value is -2.08. The summed E-state index contributed by atoms with van der Waals surface area (Å²) in [4.78, 5) is 4.13. The fourth-order valence-corrected chi connectivity index (χ4v) is 1.57. The molecule has 19 heavy (non-hydrogen) atoms. The van der Waals surface area contributed by atoms with E-state index < -0.39 is 0 Å². The first-order valence-electron chi connectivity index (χ1n) is 6.33. The molecule has 6 nitrogen and oxygen atoms in total. The van der Waals surface area contributed by atoms with Gasteiger partial charge in [0, 0.05) is 24.9 Å². The largest absolute Gasteiger partial charge is 0.394 e. The Balaban J connectivity index is 0.000000861. The Kier molecular flexibility index (Phi) is 5.81. The van der Waals surface area contributed by atoms with E-state index in [2.05, 4.69) is 15.4 Å². The monoisotopic (exact) mass is 263 g/mol. The average Bonchev–Trinajstić information content (AvgIpc) is 2.83. The second-order valence-electron chi connectivity index (χ2n) is 3.58. The van der Waals surface area contributed by atoms with Crippen LogP contribution in [0.5, 0.6) is 0 Å². The van der Waals surface area contributed by atoms with E-state index in [1.807, 2.05) is 33.0 Å². The van der Waals surface area contributed by atoms with Crippen molar-refractivity contribution >= 4 is 11.6 Å². The van der Waals surface area contributed by atoms with Gasteiger partial charge in [-0.25, -0.2) is 9.67 Å². The molecule has 0 saturated carbocycles. The van der Waals surface area contributed by atoms with Gasteiger partial charge in [0.25, 0.3) is 0 Å². The first-order chi connectivity index (χ1) is 9.24. The Morgan fingerprint density at radius 2 is 2.11 bits per heavy atom. The van der Waals surface area contributed by atoms with Gasteiger partial charge >= 0.3 is 0 Å². The van der Waals surface area contributed by atoms with Crippen LogP contribution in [-0.2, 0) is 6.54 Å². The number of anilines is 2. The highest BCUT2D eigenvalue weighted by atomic mass is 16.3. The second kappa shape index (κ2) is 7.38. The van der Waals surface area contributed by atoms with E-state index in [1.54, 1.807) is 16.9 Å². The number of nitrogens with two attached hydrogens (primary N) is 1. The molecule has 0 aromatic carbocycles. The maximum absolute atomic E-state index is 8.87. The molecule has 0 fully saturated rings. The highest BCUT2D eigenvalue weighted by molar-refractivity contribution is 5.65. The number of aliphatic hydroxyl groups is 1. The summed E-state index contributed by atoms with van der Waals surface area (Å²) in [6.07, 6.45) is 1.71. The van der Waals surface area contributed by atoms with Crippen molar-refractivity contribution in [2.24, 2.45) is 0 Å². The van der Waals surface area contributed by atoms with Gasteiger partial charge in [0.2, 0.25) is 0 Å². The molecule has 104 valence electrons. The van der Waals surface area contributed by atoms with Gasteiger partial charge in [-0.05, 0) is 12.1 Å². The highest BCUT2D eigenvalue weighted by Gasteiger charge is 2.07. The summed E-state index contributed by atoms with van der Waals surface area (Å²) in [7, 11) is 1.81. The summed E-state index contributed by atoms with van der Waals surface area (Å²) >= 11 is 0. The van der Waals surface area contributed by atoms with Crippen LogP contribution in [0.3, 0.4) is 0 Å². The first kappa shape index (κ1) is 15.0. The smallest absolute Gasteiger partial charge is 0.126 e. The molecule has 0 unspecified atom stereocenters. The van der Waals surface area contributed by atoms with Crippen LogP contribution in [0.1, 0.15) is 13.8 Å². The maximum atomic E-state index is 8.87. The zero-order chi connectivity index (χ0) is 14.3. The van der Waals surface area contributed by atoms with Crippen LogP contribution in [0.2, 0.25) is 0 Å². The minimum atomic E-state index is 0.0173. The van der Waals surface area contributed by atoms with Crippen molar-refractivity contribution in [3.05, 3.63) is 24.4 Å². The fraction of sp³-hybridized carbons (Fsp3) is 0.385. The summed E-state index contributed by atoms with van der Waals surface area (Å²) in [6.45, 7) is 4.42. The van der Waals surface area contributed by atoms with Crippen molar-refractivity contribution in [3.63, 3.8) is 0 Å². The third kappa shape index (κ3) is 3.69. The van der Waals surface area contributed by atoms with Crippen molar-refractivity contribution in [2.45, 2.75) is 20.4 Å². The van der Waals surface area contributed by atoms with E-state index in [9.17, 15) is 0 Å². The molecule has 0 aliphatic rings. The van der Waals surface area contributed by atoms with Crippen molar-refractivity contribution in [2.75, 3.05) is 24.7 Å². The van der Waals surface area contributed by atoms with Gasteiger partial charge in [-0.15, -0.1) is 0 Å². The molecule has 2 rings (SSSR count). The zero-order valence-electron chi connectivity index (χ0n) is 11.6. The summed E-state index contributed by atoms with van der Waals surface area (Å²) < 4.78 is 1.58. The Morgan fingerprint density at radius 1 is 1.37 bits per heavy atom. The lowest BCUT2D eigenvalue weighted by atomic mass is 10.2. The van der Waals surface area contributed by atoms with Crippen LogP contribution in [0, 0.1) is 0 Å². The SMILES string of the molecule is CC.CNc1cc(-c2cc(N)n(CCO)n2)ccn1. The number of rotatable bonds is 4. The van der Waals surface area contributed by atoms with Gasteiger partial charge in [0.1, 0.15) is 11.6 Å². The lowest BCUT2D eigenvalue weighted by molar-refractivity contribution is 0.270. The molecular weight excluding hydrogens is 242 g/mol. The summed E-state index contributed by atoms with van der Waals surface area (Å²) in [5, 5.41) is 16.2. The summed E-state index contributed by atoms with van der Waals surface area (Å²) in [5.41, 5.74) is 7.50. The molecule has 2 aromatic heterocycles. The van der Waals surface area contributed by atoms with Crippen molar-refractivity contribution in [1.82, 2.24) is 14.8 Å². The van der Waals surface area contributed by atoms with Gasteiger partial charge in [0.15, 0.2) is 0 Å². The maximum Gasteiger partial charge on any atom is 0.126 e. The quantitative estimate of drug-likeness (QED) is 0.779. The fourth-order valence-electron chi connectivity index (χ4n) is 1.57. The molecule has 2 aromatic rings. The molecule has 0 atom stereocenters. The molecule has 0 aliphatic carbocycles. The Labute approximate surface area is 113 Å². The number of pyridine rings is 1. The molecule has 0 bridgehead atoms. The number of nitrogen functional groups attached to an aromatic ring is 1. The van der Waals surface area contributed by atoms with E-state index in [4.69, 9.17) is 10.8 Å². The predicted octanol–water partition coefficient (Wildman–Crippen LogP) is 1.59. The van der Waals surface area contributed by atoms with Crippen LogP contribution < -0.4 is 11.1 Å². The van der Waals surface area contributed by atoms with Crippen LogP contribution in [0.4, 0.5) is 11.6 Å². The third-order valence-electron chi connectivity index (χ3n) is 2.43. The normalized spacial score (nSPS) is 9.68. The number of nitrogens with zero attached hydrogens (tertiary/aromatic N) is 3. The topological polar surface area (TPSA) is 89.0 Å². The van der Waals surface area contributed by atoms with Crippen molar-refractivity contribution in [1.29, 1.82) is 0 Å². The van der Waals surface area contributed by atoms with Crippen LogP contribution in [0.15, 0.2) is 24.4 Å². The van der Waals surface area contributed by atoms with Gasteiger partial charge in [-0.3, -0.25) is 0 Å². The lowest BCUT2D eigenvalue weighted by Crippen LogP contribution is -2.07. The van der Waals surface area contributed by atoms with E-state index in [1.165, 1.54) is 0 Å². The van der Waals surface area contributed by atoms with Gasteiger partial charge in [-0.1, -0.05) is 13.8 Å². The van der Waals surface area contributed by atoms with E-state index >= 15 is 0 Å². The number of aromatic nitrogens is 3. The second-order valence-corrected chi connectivity index (χ2v) is 3.58. The van der Waals surface area contributed by atoms with Gasteiger partial charge in [0.05, 0.1) is 18.8 Å². The molecule has 0 radical (unpaired) electrons. The molecule has 4 N–H and O–H groups in total. The number of aliphatic hydroxyl groups excluding tert-OH is 1. The van der Waals surface area contributed by atoms with E-state index in [0.29, 0.717) is 12.4 Å². The zero-order valence-corrected chi connectivity index (χ0v) is 11.6. The Bertz CT molecular complexity index is 509. The minimum Gasteiger partial charge on any atom is -0.394 e. The molecule has 0 amide bonds. The van der Waals surface area contributed by atoms with Gasteiger partial charge < -0.3 is 16.2 Å². The molecular formula is C13H21N5O. The molecule has 6 heteroatoms. The predicted molar refractivity (Wildman–Crippen MR) is 77.9 cm³/mol. The first-order valence-corrected chi connectivity index (χ1v) is 6.33. The number of hydrogen-bond acceptors (Lipinski definition) is 5. The lowest BCUT2D eigenvalue weighted by Gasteiger charge is -2.01. The van der Waals surface area contributed by atoms with Crippen molar-refractivity contribution in [3.8, 4) is 11.3 Å². The van der Waals surface area contributed by atoms with Crippen LogP contribution in [0.25, 0.3) is 11.3 Å².